The van der Waals surface area contributed by atoms with Crippen LogP contribution < -0.4 is 10.6 Å². The number of aromatic nitrogens is 1. The van der Waals surface area contributed by atoms with E-state index in [2.05, 4.69) is 4.98 Å². The van der Waals surface area contributed by atoms with E-state index in [1.165, 1.54) is 12.1 Å². The molecule has 1 aromatic rings. The van der Waals surface area contributed by atoms with Crippen LogP contribution in [0.1, 0.15) is 6.42 Å². The average Bonchev–Trinajstić information content (AvgIpc) is 2.68. The molecule has 1 aliphatic rings. The summed E-state index contributed by atoms with van der Waals surface area (Å²) in [5.41, 5.74) is 5.56. The second-order valence-corrected chi connectivity index (χ2v) is 5.29. The molecule has 2 unspecified atom stereocenters. The summed E-state index contributed by atoms with van der Waals surface area (Å²) in [5, 5.41) is 21.0. The van der Waals surface area contributed by atoms with Crippen molar-refractivity contribution in [2.75, 3.05) is 37.8 Å². The Labute approximate surface area is 117 Å². The van der Waals surface area contributed by atoms with Crippen LogP contribution in [-0.4, -0.2) is 59.2 Å². The topological polar surface area (TPSA) is 109 Å². The van der Waals surface area contributed by atoms with Crippen molar-refractivity contribution in [2.45, 2.75) is 18.6 Å². The Morgan fingerprint density at radius 2 is 2.30 bits per heavy atom. The summed E-state index contributed by atoms with van der Waals surface area (Å²) in [6.45, 7) is 1.01. The molecule has 1 fully saturated rings. The maximum Gasteiger partial charge on any atom is 0.311 e. The van der Waals surface area contributed by atoms with Gasteiger partial charge in [-0.15, -0.1) is 0 Å². The van der Waals surface area contributed by atoms with Crippen LogP contribution in [0.25, 0.3) is 0 Å². The number of rotatable bonds is 4. The summed E-state index contributed by atoms with van der Waals surface area (Å²) < 4.78 is 0. The van der Waals surface area contributed by atoms with Gasteiger partial charge in [-0.25, -0.2) is 4.98 Å². The predicted octanol–water partition coefficient (Wildman–Crippen LogP) is 0.0732. The van der Waals surface area contributed by atoms with Crippen LogP contribution in [0.5, 0.6) is 0 Å². The summed E-state index contributed by atoms with van der Waals surface area (Å²) in [6, 6.07) is 2.75. The molecule has 3 N–H and O–H groups in total. The van der Waals surface area contributed by atoms with Crippen LogP contribution in [0.15, 0.2) is 12.1 Å². The van der Waals surface area contributed by atoms with E-state index in [9.17, 15) is 15.2 Å². The molecule has 0 aromatic carbocycles. The van der Waals surface area contributed by atoms with Crippen molar-refractivity contribution < 1.29 is 10.0 Å². The molecule has 0 bridgehead atoms. The fourth-order valence-corrected chi connectivity index (χ4v) is 2.56. The van der Waals surface area contributed by atoms with Crippen molar-refractivity contribution in [2.24, 2.45) is 0 Å². The standard InChI is InChI=1S/C12H19N5O3/c1-15(2)6-8-5-9(18)7-16(8)12-10(17(19)20)3-4-11(13)14-12/h3-4,8-9,18H,5-7H2,1-2H3,(H2,13,14). The molecule has 0 saturated carbocycles. The van der Waals surface area contributed by atoms with Gasteiger partial charge in [0.15, 0.2) is 0 Å². The number of nitrogens with two attached hydrogens (primary N) is 1. The molecule has 2 rings (SSSR count). The van der Waals surface area contributed by atoms with E-state index < -0.39 is 11.0 Å². The van der Waals surface area contributed by atoms with E-state index in [0.717, 1.165) is 0 Å². The maximum atomic E-state index is 11.1. The molecule has 0 spiro atoms. The highest BCUT2D eigenvalue weighted by atomic mass is 16.6. The Balaban J connectivity index is 2.37. The van der Waals surface area contributed by atoms with Gasteiger partial charge in [-0.1, -0.05) is 0 Å². The molecule has 0 aliphatic carbocycles. The van der Waals surface area contributed by atoms with Crippen LogP contribution in [0, 0.1) is 10.1 Å². The largest absolute Gasteiger partial charge is 0.391 e. The van der Waals surface area contributed by atoms with Gasteiger partial charge in [0, 0.05) is 25.2 Å². The lowest BCUT2D eigenvalue weighted by Gasteiger charge is -2.27. The van der Waals surface area contributed by atoms with Gasteiger partial charge in [0.05, 0.1) is 11.0 Å². The van der Waals surface area contributed by atoms with E-state index in [1.54, 1.807) is 4.90 Å². The molecule has 2 heterocycles. The molecule has 8 nitrogen and oxygen atoms in total. The second kappa shape index (κ2) is 5.59. The quantitative estimate of drug-likeness (QED) is 0.594. The van der Waals surface area contributed by atoms with Crippen molar-refractivity contribution in [3.05, 3.63) is 22.2 Å². The first-order chi connectivity index (χ1) is 9.38. The molecular formula is C12H19N5O3. The molecule has 1 aliphatic heterocycles. The minimum Gasteiger partial charge on any atom is -0.391 e. The van der Waals surface area contributed by atoms with Gasteiger partial charge in [0.25, 0.3) is 0 Å². The van der Waals surface area contributed by atoms with Gasteiger partial charge in [-0.05, 0) is 26.6 Å². The predicted molar refractivity (Wildman–Crippen MR) is 75.6 cm³/mol. The number of nitrogen functional groups attached to an aromatic ring is 1. The first kappa shape index (κ1) is 14.5. The fraction of sp³-hybridized carbons (Fsp3) is 0.583. The zero-order chi connectivity index (χ0) is 14.9. The second-order valence-electron chi connectivity index (χ2n) is 5.29. The van der Waals surface area contributed by atoms with Gasteiger partial charge in [-0.3, -0.25) is 10.1 Å². The monoisotopic (exact) mass is 281 g/mol. The number of nitrogens with zero attached hydrogens (tertiary/aromatic N) is 4. The van der Waals surface area contributed by atoms with E-state index in [-0.39, 0.29) is 23.4 Å². The highest BCUT2D eigenvalue weighted by Crippen LogP contribution is 2.32. The number of hydrogen-bond donors (Lipinski definition) is 2. The number of hydrogen-bond acceptors (Lipinski definition) is 7. The summed E-state index contributed by atoms with van der Waals surface area (Å²) in [4.78, 5) is 18.5. The summed E-state index contributed by atoms with van der Waals surface area (Å²) in [7, 11) is 3.84. The Bertz CT molecular complexity index is 508. The molecule has 0 radical (unpaired) electrons. The zero-order valence-corrected chi connectivity index (χ0v) is 11.6. The molecule has 1 aromatic heterocycles. The third-order valence-electron chi connectivity index (χ3n) is 3.31. The summed E-state index contributed by atoms with van der Waals surface area (Å²) in [5.74, 6) is 0.467. The van der Waals surface area contributed by atoms with Crippen molar-refractivity contribution in [3.8, 4) is 0 Å². The van der Waals surface area contributed by atoms with Gasteiger partial charge < -0.3 is 20.6 Å². The van der Waals surface area contributed by atoms with E-state index >= 15 is 0 Å². The van der Waals surface area contributed by atoms with Crippen LogP contribution in [0.3, 0.4) is 0 Å². The molecule has 2 atom stereocenters. The number of aliphatic hydroxyl groups excluding tert-OH is 1. The van der Waals surface area contributed by atoms with E-state index in [4.69, 9.17) is 5.73 Å². The zero-order valence-electron chi connectivity index (χ0n) is 11.6. The SMILES string of the molecule is CN(C)CC1CC(O)CN1c1nc(N)ccc1[N+](=O)[O-]. The lowest BCUT2D eigenvalue weighted by Crippen LogP contribution is -2.38. The third kappa shape index (κ3) is 2.97. The fourth-order valence-electron chi connectivity index (χ4n) is 2.56. The van der Waals surface area contributed by atoms with Gasteiger partial charge in [0.1, 0.15) is 5.82 Å². The number of likely N-dealkylation sites (N-methyl/N-ethyl adjacent to an activating group) is 1. The van der Waals surface area contributed by atoms with Crippen LogP contribution in [-0.2, 0) is 0 Å². The van der Waals surface area contributed by atoms with Crippen molar-refractivity contribution in [1.82, 2.24) is 9.88 Å². The molecule has 110 valence electrons. The number of β-amino-alcohol motifs (C(OH)–C–C–N with tert-alkyl or cyclic N) is 1. The van der Waals surface area contributed by atoms with Crippen molar-refractivity contribution in [1.29, 1.82) is 0 Å². The Morgan fingerprint density at radius 1 is 1.60 bits per heavy atom. The van der Waals surface area contributed by atoms with Gasteiger partial charge in [-0.2, -0.15) is 0 Å². The van der Waals surface area contributed by atoms with Crippen LogP contribution >= 0.6 is 0 Å². The Hall–Kier alpha value is -1.93. The first-order valence-corrected chi connectivity index (χ1v) is 6.39. The van der Waals surface area contributed by atoms with Crippen LogP contribution in [0.4, 0.5) is 17.3 Å². The lowest BCUT2D eigenvalue weighted by molar-refractivity contribution is -0.384. The number of pyridine rings is 1. The number of anilines is 2. The van der Waals surface area contributed by atoms with E-state index in [1.807, 2.05) is 19.0 Å². The molecule has 1 saturated heterocycles. The normalized spacial score (nSPS) is 22.5. The summed E-state index contributed by atoms with van der Waals surface area (Å²) in [6.07, 6.45) is 0.0500. The first-order valence-electron chi connectivity index (χ1n) is 6.39. The molecule has 8 heteroatoms. The highest BCUT2D eigenvalue weighted by molar-refractivity contribution is 5.62. The van der Waals surface area contributed by atoms with Crippen LogP contribution in [0.2, 0.25) is 0 Å². The van der Waals surface area contributed by atoms with Crippen molar-refractivity contribution >= 4 is 17.3 Å². The van der Waals surface area contributed by atoms with Crippen molar-refractivity contribution in [3.63, 3.8) is 0 Å². The van der Waals surface area contributed by atoms with Gasteiger partial charge >= 0.3 is 5.69 Å². The Kier molecular flexibility index (Phi) is 4.05. The average molecular weight is 281 g/mol. The molecule has 0 amide bonds. The lowest BCUT2D eigenvalue weighted by atomic mass is 10.2. The maximum absolute atomic E-state index is 11.1. The Morgan fingerprint density at radius 3 is 2.90 bits per heavy atom. The minimum atomic E-state index is -0.511. The number of aliphatic hydroxyl groups is 1. The molecular weight excluding hydrogens is 262 g/mol. The number of nitro groups is 1. The highest BCUT2D eigenvalue weighted by Gasteiger charge is 2.35. The smallest absolute Gasteiger partial charge is 0.311 e. The van der Waals surface area contributed by atoms with Gasteiger partial charge in [0.2, 0.25) is 5.82 Å². The summed E-state index contributed by atoms with van der Waals surface area (Å²) >= 11 is 0. The molecule has 20 heavy (non-hydrogen) atoms. The minimum absolute atomic E-state index is 0.0204. The third-order valence-corrected chi connectivity index (χ3v) is 3.31. The van der Waals surface area contributed by atoms with E-state index in [0.29, 0.717) is 19.5 Å².